The first-order valence-electron chi connectivity index (χ1n) is 14.6. The van der Waals surface area contributed by atoms with Crippen LogP contribution in [0.1, 0.15) is 89.9 Å². The number of hydrogen-bond donors (Lipinski definition) is 1. The zero-order chi connectivity index (χ0) is 23.9. The van der Waals surface area contributed by atoms with Crippen molar-refractivity contribution >= 4 is 17.7 Å². The van der Waals surface area contributed by atoms with Crippen molar-refractivity contribution in [2.75, 3.05) is 49.5 Å². The highest BCUT2D eigenvalue weighted by Crippen LogP contribution is 2.28. The fourth-order valence-corrected chi connectivity index (χ4v) is 6.76. The monoisotopic (exact) mass is 482 g/mol. The number of aromatic nitrogens is 2. The number of hydrogen-bond acceptors (Lipinski definition) is 6. The van der Waals surface area contributed by atoms with Crippen LogP contribution in [-0.4, -0.2) is 77.0 Å². The van der Waals surface area contributed by atoms with Gasteiger partial charge in [0.2, 0.25) is 11.9 Å². The summed E-state index contributed by atoms with van der Waals surface area (Å²) in [7, 11) is 0. The van der Waals surface area contributed by atoms with Gasteiger partial charge in [-0.15, -0.1) is 0 Å². The summed E-state index contributed by atoms with van der Waals surface area (Å²) in [5.74, 6) is 2.61. The first-order chi connectivity index (χ1) is 17.3. The molecule has 0 aromatic carbocycles. The molecule has 1 aromatic heterocycles. The molecule has 0 bridgehead atoms. The molecule has 3 saturated heterocycles. The van der Waals surface area contributed by atoms with Crippen LogP contribution in [-0.2, 0) is 4.79 Å². The zero-order valence-electron chi connectivity index (χ0n) is 21.7. The minimum atomic E-state index is 0.303. The predicted octanol–water partition coefficient (Wildman–Crippen LogP) is 4.69. The molecular weight excluding hydrogens is 436 g/mol. The van der Waals surface area contributed by atoms with Crippen LogP contribution in [0.15, 0.2) is 12.3 Å². The van der Waals surface area contributed by atoms with Gasteiger partial charge in [0.15, 0.2) is 0 Å². The van der Waals surface area contributed by atoms with E-state index in [1.807, 2.05) is 6.20 Å². The van der Waals surface area contributed by atoms with E-state index in [1.54, 1.807) is 0 Å². The molecule has 1 amide bonds. The maximum atomic E-state index is 13.0. The molecule has 1 aromatic rings. The van der Waals surface area contributed by atoms with Gasteiger partial charge in [-0.3, -0.25) is 9.69 Å². The number of anilines is 2. The molecule has 0 spiro atoms. The summed E-state index contributed by atoms with van der Waals surface area (Å²) in [5.41, 5.74) is 0. The van der Waals surface area contributed by atoms with Crippen LogP contribution < -0.4 is 10.2 Å². The molecule has 1 atom stereocenters. The van der Waals surface area contributed by atoms with Gasteiger partial charge in [-0.1, -0.05) is 38.5 Å². The number of nitrogens with zero attached hydrogens (tertiary/aromatic N) is 5. The third kappa shape index (κ3) is 6.66. The first-order valence-corrected chi connectivity index (χ1v) is 14.6. The number of carbonyl (C=O) groups excluding carboxylic acids is 1. The number of rotatable bonds is 5. The van der Waals surface area contributed by atoms with Crippen LogP contribution in [0, 0.1) is 5.92 Å². The Labute approximate surface area is 212 Å². The molecule has 7 nitrogen and oxygen atoms in total. The van der Waals surface area contributed by atoms with E-state index < -0.39 is 0 Å². The lowest BCUT2D eigenvalue weighted by atomic mass is 9.87. The van der Waals surface area contributed by atoms with Gasteiger partial charge in [0, 0.05) is 56.9 Å². The van der Waals surface area contributed by atoms with Crippen molar-refractivity contribution in [1.82, 2.24) is 19.8 Å². The highest BCUT2D eigenvalue weighted by atomic mass is 16.2. The van der Waals surface area contributed by atoms with Gasteiger partial charge in [-0.2, -0.15) is 4.98 Å². The van der Waals surface area contributed by atoms with Crippen molar-refractivity contribution in [3.63, 3.8) is 0 Å². The fraction of sp³-hybridized carbons (Fsp3) is 0.821. The molecule has 1 unspecified atom stereocenters. The number of amides is 1. The summed E-state index contributed by atoms with van der Waals surface area (Å²) in [6.07, 6.45) is 19.0. The van der Waals surface area contributed by atoms with E-state index >= 15 is 0 Å². The third-order valence-electron chi connectivity index (χ3n) is 8.85. The third-order valence-corrected chi connectivity index (χ3v) is 8.85. The van der Waals surface area contributed by atoms with Crippen molar-refractivity contribution in [3.05, 3.63) is 12.3 Å². The summed E-state index contributed by atoms with van der Waals surface area (Å²) >= 11 is 0. The van der Waals surface area contributed by atoms with Crippen LogP contribution in [0.3, 0.4) is 0 Å². The van der Waals surface area contributed by atoms with Crippen LogP contribution in [0.5, 0.6) is 0 Å². The Kier molecular flexibility index (Phi) is 8.77. The Morgan fingerprint density at radius 2 is 1.49 bits per heavy atom. The van der Waals surface area contributed by atoms with Gasteiger partial charge in [-0.05, 0) is 64.0 Å². The van der Waals surface area contributed by atoms with Crippen LogP contribution in [0.4, 0.5) is 11.8 Å². The van der Waals surface area contributed by atoms with Gasteiger partial charge < -0.3 is 15.1 Å². The summed E-state index contributed by atoms with van der Waals surface area (Å²) in [6, 6.07) is 3.05. The molecule has 5 rings (SSSR count). The molecule has 4 fully saturated rings. The Morgan fingerprint density at radius 3 is 2.26 bits per heavy atom. The smallest absolute Gasteiger partial charge is 0.225 e. The Hall–Kier alpha value is -1.89. The second kappa shape index (κ2) is 12.4. The lowest BCUT2D eigenvalue weighted by Crippen LogP contribution is -2.50. The predicted molar refractivity (Wildman–Crippen MR) is 142 cm³/mol. The molecule has 0 radical (unpaired) electrons. The number of nitrogens with one attached hydrogen (secondary N) is 1. The number of likely N-dealkylation sites (tertiary alicyclic amines) is 2. The van der Waals surface area contributed by atoms with Crippen molar-refractivity contribution in [3.8, 4) is 0 Å². The maximum Gasteiger partial charge on any atom is 0.225 e. The fourth-order valence-electron chi connectivity index (χ4n) is 6.76. The molecule has 35 heavy (non-hydrogen) atoms. The molecule has 1 N–H and O–H groups in total. The van der Waals surface area contributed by atoms with Gasteiger partial charge in [-0.25, -0.2) is 4.98 Å². The number of piperidine rings is 1. The second-order valence-corrected chi connectivity index (χ2v) is 11.4. The van der Waals surface area contributed by atoms with E-state index in [4.69, 9.17) is 4.98 Å². The molecule has 7 heteroatoms. The molecular formula is C28H46N6O. The highest BCUT2D eigenvalue weighted by Gasteiger charge is 2.32. The average molecular weight is 483 g/mol. The first kappa shape index (κ1) is 24.8. The van der Waals surface area contributed by atoms with Crippen molar-refractivity contribution < 1.29 is 4.79 Å². The van der Waals surface area contributed by atoms with Gasteiger partial charge in [0.25, 0.3) is 0 Å². The van der Waals surface area contributed by atoms with Gasteiger partial charge >= 0.3 is 0 Å². The molecule has 3 aliphatic heterocycles. The quantitative estimate of drug-likeness (QED) is 0.657. The maximum absolute atomic E-state index is 13.0. The lowest BCUT2D eigenvalue weighted by molar-refractivity contribution is -0.138. The summed E-state index contributed by atoms with van der Waals surface area (Å²) in [6.45, 7) is 6.32. The molecule has 4 heterocycles. The minimum absolute atomic E-state index is 0.303. The number of carbonyl (C=O) groups is 1. The zero-order valence-corrected chi connectivity index (χ0v) is 21.7. The van der Waals surface area contributed by atoms with Gasteiger partial charge in [0.1, 0.15) is 5.82 Å². The van der Waals surface area contributed by atoms with E-state index in [2.05, 4.69) is 31.1 Å². The summed E-state index contributed by atoms with van der Waals surface area (Å²) in [4.78, 5) is 29.8. The second-order valence-electron chi connectivity index (χ2n) is 11.4. The summed E-state index contributed by atoms with van der Waals surface area (Å²) in [5, 5.41) is 3.70. The lowest BCUT2D eigenvalue weighted by Gasteiger charge is -2.40. The van der Waals surface area contributed by atoms with E-state index in [0.29, 0.717) is 23.9 Å². The van der Waals surface area contributed by atoms with Crippen molar-refractivity contribution in [1.29, 1.82) is 0 Å². The summed E-state index contributed by atoms with van der Waals surface area (Å²) < 4.78 is 0. The molecule has 1 saturated carbocycles. The standard InChI is InChI=1S/C28H46N6O/c35-27(23-10-4-3-5-11-23)33-20-14-25(15-21-33)34-19-9-6-12-24(22-34)30-28-29-16-13-26(31-28)32-17-7-1-2-8-18-32/h13,16,23-25H,1-12,14-15,17-22H2,(H,29,30,31). The van der Waals surface area contributed by atoms with Crippen LogP contribution in [0.2, 0.25) is 0 Å². The highest BCUT2D eigenvalue weighted by molar-refractivity contribution is 5.79. The minimum Gasteiger partial charge on any atom is -0.356 e. The van der Waals surface area contributed by atoms with Crippen molar-refractivity contribution in [2.45, 2.75) is 102 Å². The molecule has 1 aliphatic carbocycles. The molecule has 4 aliphatic rings. The van der Waals surface area contributed by atoms with E-state index in [-0.39, 0.29) is 0 Å². The Bertz CT molecular complexity index is 796. The van der Waals surface area contributed by atoms with Crippen molar-refractivity contribution in [2.24, 2.45) is 5.92 Å². The van der Waals surface area contributed by atoms with Gasteiger partial charge in [0.05, 0.1) is 0 Å². The van der Waals surface area contributed by atoms with E-state index in [1.165, 1.54) is 70.8 Å². The van der Waals surface area contributed by atoms with Crippen LogP contribution >= 0.6 is 0 Å². The largest absolute Gasteiger partial charge is 0.356 e. The normalized spacial score (nSPS) is 26.2. The van der Waals surface area contributed by atoms with Crippen LogP contribution in [0.25, 0.3) is 0 Å². The average Bonchev–Trinajstić information content (AvgIpc) is 3.33. The topological polar surface area (TPSA) is 64.6 Å². The Balaban J connectivity index is 1.14. The SMILES string of the molecule is O=C(C1CCCCC1)N1CCC(N2CCCCC(Nc3nccc(N4CCCCCC4)n3)C2)CC1. The molecule has 194 valence electrons. The van der Waals surface area contributed by atoms with E-state index in [0.717, 1.165) is 70.2 Å². The van der Waals surface area contributed by atoms with E-state index in [9.17, 15) is 4.79 Å². The Morgan fingerprint density at radius 1 is 0.800 bits per heavy atom.